The number of carbonyl (C=O) groups is 1. The number of halogens is 2. The maximum absolute atomic E-state index is 12.7. The topological polar surface area (TPSA) is 105 Å². The zero-order chi connectivity index (χ0) is 23.3. The summed E-state index contributed by atoms with van der Waals surface area (Å²) in [5, 5.41) is 27.4. The molecule has 0 aliphatic carbocycles. The lowest BCUT2D eigenvalue weighted by Gasteiger charge is -2.38. The fourth-order valence-corrected chi connectivity index (χ4v) is 4.17. The Morgan fingerprint density at radius 1 is 1.38 bits per heavy atom. The van der Waals surface area contributed by atoms with Crippen LogP contribution in [0.1, 0.15) is 31.7 Å². The number of allylic oxidation sites excluding steroid dienone is 1. The molecule has 1 amide bonds. The second-order valence-corrected chi connectivity index (χ2v) is 8.56. The van der Waals surface area contributed by atoms with Crippen molar-refractivity contribution in [2.45, 2.75) is 31.6 Å². The van der Waals surface area contributed by atoms with Crippen molar-refractivity contribution in [2.24, 2.45) is 5.10 Å². The van der Waals surface area contributed by atoms with E-state index in [9.17, 15) is 10.1 Å². The lowest BCUT2D eigenvalue weighted by atomic mass is 9.74. The van der Waals surface area contributed by atoms with Gasteiger partial charge in [-0.05, 0) is 37.5 Å². The van der Waals surface area contributed by atoms with Crippen LogP contribution in [0.4, 0.5) is 0 Å². The minimum absolute atomic E-state index is 0.0624. The number of benzene rings is 1. The Morgan fingerprint density at radius 2 is 2.09 bits per heavy atom. The summed E-state index contributed by atoms with van der Waals surface area (Å²) in [6.45, 7) is 3.35. The van der Waals surface area contributed by atoms with Gasteiger partial charge < -0.3 is 15.0 Å². The van der Waals surface area contributed by atoms with Crippen LogP contribution in [0, 0.1) is 16.7 Å². The van der Waals surface area contributed by atoms with Gasteiger partial charge >= 0.3 is 0 Å². The molecule has 0 unspecified atom stereocenters. The first-order valence-corrected chi connectivity index (χ1v) is 11.1. The average molecular weight is 477 g/mol. The van der Waals surface area contributed by atoms with E-state index in [1.807, 2.05) is 6.07 Å². The van der Waals surface area contributed by atoms with Gasteiger partial charge in [0.15, 0.2) is 5.84 Å². The number of hydrogen-bond donors (Lipinski definition) is 2. The number of carbonyl (C=O) groups excluding carboxylic acids is 1. The van der Waals surface area contributed by atoms with Crippen LogP contribution in [-0.4, -0.2) is 61.2 Å². The van der Waals surface area contributed by atoms with Crippen molar-refractivity contribution >= 4 is 41.2 Å². The van der Waals surface area contributed by atoms with Crippen molar-refractivity contribution in [1.82, 2.24) is 15.2 Å². The molecule has 0 bridgehead atoms. The Kier molecular flexibility index (Phi) is 7.64. The number of piperidine rings is 1. The summed E-state index contributed by atoms with van der Waals surface area (Å²) < 4.78 is 5.29. The van der Waals surface area contributed by atoms with E-state index < -0.39 is 5.41 Å². The van der Waals surface area contributed by atoms with Crippen LogP contribution in [0.3, 0.4) is 0 Å². The lowest BCUT2D eigenvalue weighted by Crippen LogP contribution is -2.47. The van der Waals surface area contributed by atoms with Gasteiger partial charge in [0.25, 0.3) is 0 Å². The predicted octanol–water partition coefficient (Wildman–Crippen LogP) is 3.46. The largest absolute Gasteiger partial charge is 0.495 e. The van der Waals surface area contributed by atoms with Crippen LogP contribution in [0.5, 0.6) is 5.75 Å². The number of likely N-dealkylation sites (tertiary alicyclic amines) is 1. The van der Waals surface area contributed by atoms with Crippen LogP contribution in [-0.2, 0) is 10.2 Å². The zero-order valence-electron chi connectivity index (χ0n) is 18.1. The highest BCUT2D eigenvalue weighted by molar-refractivity contribution is 6.43. The second kappa shape index (κ2) is 10.2. The van der Waals surface area contributed by atoms with E-state index in [0.717, 1.165) is 12.0 Å². The minimum atomic E-state index is -0.688. The number of amidine groups is 1. The highest BCUT2D eigenvalue weighted by atomic mass is 35.5. The van der Waals surface area contributed by atoms with E-state index in [1.165, 1.54) is 5.01 Å². The second-order valence-electron chi connectivity index (χ2n) is 7.78. The van der Waals surface area contributed by atoms with Crippen molar-refractivity contribution in [3.05, 3.63) is 39.5 Å². The number of hydrazone groups is 1. The number of hydrogen-bond acceptors (Lipinski definition) is 6. The van der Waals surface area contributed by atoms with Crippen LogP contribution in [0.25, 0.3) is 0 Å². The summed E-state index contributed by atoms with van der Waals surface area (Å²) in [5.74, 6) is 0.554. The highest BCUT2D eigenvalue weighted by Gasteiger charge is 2.38. The molecule has 0 aromatic heterocycles. The van der Waals surface area contributed by atoms with Crippen LogP contribution >= 0.6 is 23.2 Å². The van der Waals surface area contributed by atoms with Gasteiger partial charge in [-0.3, -0.25) is 10.2 Å². The Balaban J connectivity index is 1.59. The molecule has 0 spiro atoms. The number of nitrogens with one attached hydrogen (secondary N) is 2. The van der Waals surface area contributed by atoms with E-state index in [-0.39, 0.29) is 23.3 Å². The maximum Gasteiger partial charge on any atom is 0.241 e. The summed E-state index contributed by atoms with van der Waals surface area (Å²) in [6, 6.07) is 7.84. The Morgan fingerprint density at radius 3 is 2.69 bits per heavy atom. The van der Waals surface area contributed by atoms with Gasteiger partial charge in [0.2, 0.25) is 5.91 Å². The van der Waals surface area contributed by atoms with Crippen molar-refractivity contribution < 1.29 is 9.53 Å². The van der Waals surface area contributed by atoms with Crippen molar-refractivity contribution in [3.63, 3.8) is 0 Å². The molecule has 3 rings (SSSR count). The SMILES string of the molecule is COc1cc(C2(C#N)CCN(C(=O)CN/C(C)=C(/Cl)C(=N)N3CCC=N3)CC2)ccc1Cl. The number of nitriles is 1. The summed E-state index contributed by atoms with van der Waals surface area (Å²) in [5.41, 5.74) is 0.705. The summed E-state index contributed by atoms with van der Waals surface area (Å²) in [7, 11) is 1.54. The molecule has 0 radical (unpaired) electrons. The Bertz CT molecular complexity index is 993. The van der Waals surface area contributed by atoms with Crippen molar-refractivity contribution in [1.29, 1.82) is 10.7 Å². The van der Waals surface area contributed by atoms with Gasteiger partial charge in [-0.2, -0.15) is 10.4 Å². The lowest BCUT2D eigenvalue weighted by molar-refractivity contribution is -0.131. The zero-order valence-corrected chi connectivity index (χ0v) is 19.6. The normalized spacial score (nSPS) is 18.1. The van der Waals surface area contributed by atoms with Crippen LogP contribution in [0.2, 0.25) is 5.02 Å². The molecule has 1 fully saturated rings. The first kappa shape index (κ1) is 23.9. The van der Waals surface area contributed by atoms with Gasteiger partial charge in [0.05, 0.1) is 30.2 Å². The minimum Gasteiger partial charge on any atom is -0.495 e. The molecule has 2 N–H and O–H groups in total. The van der Waals surface area contributed by atoms with Gasteiger partial charge in [0, 0.05) is 38.0 Å². The van der Waals surface area contributed by atoms with Gasteiger partial charge in [-0.25, -0.2) is 5.01 Å². The van der Waals surface area contributed by atoms with Gasteiger partial charge in [0.1, 0.15) is 10.8 Å². The molecule has 0 atom stereocenters. The number of methoxy groups -OCH3 is 1. The molecule has 0 saturated carbocycles. The number of ether oxygens (including phenoxy) is 1. The van der Waals surface area contributed by atoms with E-state index in [4.69, 9.17) is 33.3 Å². The first-order valence-electron chi connectivity index (χ1n) is 10.3. The molecule has 2 aliphatic rings. The molecule has 2 aliphatic heterocycles. The standard InChI is InChI=1S/C22H26Cl2N6O2/c1-15(20(24)21(26)30-9-3-8-28-30)27-13-19(31)29-10-6-22(14-25,7-11-29)16-4-5-17(23)18(12-16)32-2/h4-5,8,12,26-27H,3,6-7,9-11,13H2,1-2H3/b20-15+,26-21?. The molecule has 8 nitrogen and oxygen atoms in total. The fraction of sp³-hybridized carbons (Fsp3) is 0.455. The monoisotopic (exact) mass is 476 g/mol. The predicted molar refractivity (Wildman–Crippen MR) is 125 cm³/mol. The molecule has 1 saturated heterocycles. The number of rotatable bonds is 6. The van der Waals surface area contributed by atoms with E-state index in [0.29, 0.717) is 48.9 Å². The molecule has 1 aromatic carbocycles. The summed E-state index contributed by atoms with van der Waals surface area (Å²) in [4.78, 5) is 14.5. The van der Waals surface area contributed by atoms with Crippen LogP contribution < -0.4 is 10.1 Å². The molecule has 32 heavy (non-hydrogen) atoms. The van der Waals surface area contributed by atoms with E-state index in [1.54, 1.807) is 37.3 Å². The van der Waals surface area contributed by atoms with Gasteiger partial charge in [-0.15, -0.1) is 0 Å². The van der Waals surface area contributed by atoms with E-state index in [2.05, 4.69) is 16.5 Å². The quantitative estimate of drug-likeness (QED) is 0.482. The third-order valence-electron chi connectivity index (χ3n) is 5.88. The van der Waals surface area contributed by atoms with Crippen LogP contribution in [0.15, 0.2) is 34.0 Å². The third-order valence-corrected chi connectivity index (χ3v) is 6.65. The van der Waals surface area contributed by atoms with Gasteiger partial charge in [-0.1, -0.05) is 29.3 Å². The molecule has 170 valence electrons. The molecule has 10 heteroatoms. The Labute approximate surface area is 197 Å². The molecule has 2 heterocycles. The van der Waals surface area contributed by atoms with E-state index >= 15 is 0 Å². The van der Waals surface area contributed by atoms with Crippen molar-refractivity contribution in [2.75, 3.05) is 33.3 Å². The molecule has 1 aromatic rings. The number of nitrogens with zero attached hydrogens (tertiary/aromatic N) is 4. The summed E-state index contributed by atoms with van der Waals surface area (Å²) >= 11 is 12.4. The summed E-state index contributed by atoms with van der Waals surface area (Å²) in [6.07, 6.45) is 3.56. The highest BCUT2D eigenvalue weighted by Crippen LogP contribution is 2.38. The number of amides is 1. The average Bonchev–Trinajstić information content (AvgIpc) is 3.36. The molecular weight excluding hydrogens is 451 g/mol. The smallest absolute Gasteiger partial charge is 0.241 e. The maximum atomic E-state index is 12.7. The Hall–Kier alpha value is -2.76. The first-order chi connectivity index (χ1) is 15.3. The molecular formula is C22H26Cl2N6O2. The fourth-order valence-electron chi connectivity index (χ4n) is 3.81. The third kappa shape index (κ3) is 5.00. The van der Waals surface area contributed by atoms with Crippen molar-refractivity contribution in [3.8, 4) is 11.8 Å².